The Hall–Kier alpha value is -3.72. The van der Waals surface area contributed by atoms with Gasteiger partial charge in [0, 0.05) is 0 Å². The molecule has 0 saturated carbocycles. The number of carbonyl (C=O) groups is 1. The molecule has 2 aliphatic heterocycles. The summed E-state index contributed by atoms with van der Waals surface area (Å²) in [7, 11) is 0. The van der Waals surface area contributed by atoms with Gasteiger partial charge in [-0.2, -0.15) is 0 Å². The van der Waals surface area contributed by atoms with E-state index in [-0.39, 0.29) is 24.5 Å². The van der Waals surface area contributed by atoms with Gasteiger partial charge in [0.1, 0.15) is 5.82 Å². The van der Waals surface area contributed by atoms with Gasteiger partial charge in [0.15, 0.2) is 16.3 Å². The van der Waals surface area contributed by atoms with E-state index in [9.17, 15) is 14.0 Å². The topological polar surface area (TPSA) is 79.1 Å². The Bertz CT molecular complexity index is 1470. The van der Waals surface area contributed by atoms with Crippen LogP contribution in [0, 0.1) is 5.82 Å². The molecule has 0 saturated heterocycles. The highest BCUT2D eigenvalue weighted by molar-refractivity contribution is 7.07. The van der Waals surface area contributed by atoms with Crippen molar-refractivity contribution in [3.8, 4) is 11.5 Å². The van der Waals surface area contributed by atoms with Gasteiger partial charge in [-0.3, -0.25) is 9.36 Å². The summed E-state index contributed by atoms with van der Waals surface area (Å²) in [4.78, 5) is 31.3. The summed E-state index contributed by atoms with van der Waals surface area (Å²) in [6, 6.07) is 10.4. The largest absolute Gasteiger partial charge is 0.463 e. The molecule has 3 aromatic rings. The first-order valence-electron chi connectivity index (χ1n) is 10.3. The maximum Gasteiger partial charge on any atom is 0.338 e. The van der Waals surface area contributed by atoms with E-state index >= 15 is 0 Å². The minimum atomic E-state index is -0.778. The van der Waals surface area contributed by atoms with Gasteiger partial charge in [0.25, 0.3) is 5.56 Å². The molecule has 3 heterocycles. The Morgan fingerprint density at radius 2 is 2.00 bits per heavy atom. The second-order valence-corrected chi connectivity index (χ2v) is 8.48. The number of halogens is 1. The molecular formula is C24H19FN2O5S. The number of esters is 1. The van der Waals surface area contributed by atoms with Crippen molar-refractivity contribution in [3.05, 3.63) is 90.4 Å². The average molecular weight is 466 g/mol. The molecule has 7 nitrogen and oxygen atoms in total. The predicted octanol–water partition coefficient (Wildman–Crippen LogP) is 2.67. The second kappa shape index (κ2) is 8.32. The maximum absolute atomic E-state index is 13.6. The number of hydrogen-bond acceptors (Lipinski definition) is 7. The van der Waals surface area contributed by atoms with Gasteiger partial charge in [-0.05, 0) is 55.3 Å². The Morgan fingerprint density at radius 3 is 2.76 bits per heavy atom. The second-order valence-electron chi connectivity index (χ2n) is 7.47. The van der Waals surface area contributed by atoms with E-state index in [0.29, 0.717) is 32.1 Å². The van der Waals surface area contributed by atoms with E-state index in [4.69, 9.17) is 14.2 Å². The number of aromatic nitrogens is 1. The van der Waals surface area contributed by atoms with Gasteiger partial charge in [-0.15, -0.1) is 0 Å². The number of ether oxygens (including phenoxy) is 3. The molecule has 0 unspecified atom stereocenters. The van der Waals surface area contributed by atoms with Crippen LogP contribution in [0.4, 0.5) is 4.39 Å². The normalized spacial score (nSPS) is 17.1. The monoisotopic (exact) mass is 466 g/mol. The lowest BCUT2D eigenvalue weighted by Crippen LogP contribution is -2.39. The van der Waals surface area contributed by atoms with Crippen molar-refractivity contribution < 1.29 is 23.4 Å². The molecule has 9 heteroatoms. The fraction of sp³-hybridized carbons (Fsp3) is 0.208. The van der Waals surface area contributed by atoms with Crippen LogP contribution < -0.4 is 24.4 Å². The molecular weight excluding hydrogens is 447 g/mol. The first-order chi connectivity index (χ1) is 16.0. The van der Waals surface area contributed by atoms with E-state index in [1.807, 2.05) is 6.07 Å². The van der Waals surface area contributed by atoms with Crippen molar-refractivity contribution in [3.63, 3.8) is 0 Å². The van der Waals surface area contributed by atoms with Crippen molar-refractivity contribution >= 4 is 23.4 Å². The van der Waals surface area contributed by atoms with Crippen LogP contribution >= 0.6 is 11.3 Å². The van der Waals surface area contributed by atoms with Crippen LogP contribution in [0.2, 0.25) is 0 Å². The van der Waals surface area contributed by atoms with Crippen molar-refractivity contribution in [1.29, 1.82) is 0 Å². The quantitative estimate of drug-likeness (QED) is 0.553. The zero-order chi connectivity index (χ0) is 23.1. The highest BCUT2D eigenvalue weighted by Gasteiger charge is 2.33. The van der Waals surface area contributed by atoms with Crippen LogP contribution in [0.25, 0.3) is 6.08 Å². The Morgan fingerprint density at radius 1 is 1.24 bits per heavy atom. The molecule has 0 aliphatic carbocycles. The minimum Gasteiger partial charge on any atom is -0.463 e. The van der Waals surface area contributed by atoms with E-state index in [2.05, 4.69) is 4.99 Å². The molecule has 0 amide bonds. The van der Waals surface area contributed by atoms with E-state index < -0.39 is 17.8 Å². The lowest BCUT2D eigenvalue weighted by atomic mass is 9.96. The molecule has 33 heavy (non-hydrogen) atoms. The number of allylic oxidation sites excluding steroid dienone is 1. The standard InChI is InChI=1S/C24H19FN2O5S/c1-3-30-23(29)20-13(2)26-24-27(21(20)15-5-7-16(25)8-6-15)22(28)19(33-24)11-14-4-9-17-18(10-14)32-12-31-17/h4-11,21H,3,12H2,1-2H3/b19-11+/t21-/m1/s1. The Kier molecular flexibility index (Phi) is 5.33. The zero-order valence-corrected chi connectivity index (χ0v) is 18.6. The van der Waals surface area contributed by atoms with Gasteiger partial charge < -0.3 is 14.2 Å². The maximum atomic E-state index is 13.6. The van der Waals surface area contributed by atoms with Gasteiger partial charge in [-0.1, -0.05) is 29.5 Å². The third-order valence-corrected chi connectivity index (χ3v) is 6.38. The molecule has 1 atom stereocenters. The molecule has 168 valence electrons. The fourth-order valence-corrected chi connectivity index (χ4v) is 4.95. The van der Waals surface area contributed by atoms with Crippen molar-refractivity contribution in [2.24, 2.45) is 4.99 Å². The van der Waals surface area contributed by atoms with Gasteiger partial charge in [0.05, 0.1) is 28.5 Å². The van der Waals surface area contributed by atoms with Crippen molar-refractivity contribution in [1.82, 2.24) is 4.57 Å². The summed E-state index contributed by atoms with van der Waals surface area (Å²) in [6.45, 7) is 3.76. The van der Waals surface area contributed by atoms with Crippen LogP contribution in [-0.2, 0) is 9.53 Å². The van der Waals surface area contributed by atoms with Crippen LogP contribution in [-0.4, -0.2) is 23.9 Å². The third kappa shape index (κ3) is 3.74. The number of rotatable bonds is 4. The van der Waals surface area contributed by atoms with Gasteiger partial charge >= 0.3 is 5.97 Å². The van der Waals surface area contributed by atoms with Crippen LogP contribution in [0.15, 0.2) is 63.5 Å². The third-order valence-electron chi connectivity index (χ3n) is 5.40. The number of carbonyl (C=O) groups excluding carboxylic acids is 1. The molecule has 0 spiro atoms. The first-order valence-corrected chi connectivity index (χ1v) is 11.1. The Labute approximate surface area is 191 Å². The summed E-state index contributed by atoms with van der Waals surface area (Å²) in [5.74, 6) is 0.297. The molecule has 0 bridgehead atoms. The van der Waals surface area contributed by atoms with Crippen LogP contribution in [0.1, 0.15) is 31.0 Å². The van der Waals surface area contributed by atoms with E-state index in [1.54, 1.807) is 44.2 Å². The van der Waals surface area contributed by atoms with Crippen LogP contribution in [0.5, 0.6) is 11.5 Å². The first kappa shape index (κ1) is 21.1. The summed E-state index contributed by atoms with van der Waals surface area (Å²) in [5.41, 5.74) is 1.76. The number of thiazole rings is 1. The smallest absolute Gasteiger partial charge is 0.338 e. The lowest BCUT2D eigenvalue weighted by Gasteiger charge is -2.24. The van der Waals surface area contributed by atoms with Gasteiger partial charge in [-0.25, -0.2) is 14.2 Å². The molecule has 2 aromatic carbocycles. The van der Waals surface area contributed by atoms with Crippen molar-refractivity contribution in [2.75, 3.05) is 13.4 Å². The number of hydrogen-bond donors (Lipinski definition) is 0. The van der Waals surface area contributed by atoms with E-state index in [1.165, 1.54) is 28.0 Å². The lowest BCUT2D eigenvalue weighted by molar-refractivity contribution is -0.139. The molecule has 0 fully saturated rings. The number of nitrogens with zero attached hydrogens (tertiary/aromatic N) is 2. The summed E-state index contributed by atoms with van der Waals surface area (Å²) < 4.78 is 31.5. The number of benzene rings is 2. The summed E-state index contributed by atoms with van der Waals surface area (Å²) >= 11 is 1.22. The molecule has 0 N–H and O–H groups in total. The van der Waals surface area contributed by atoms with E-state index in [0.717, 1.165) is 5.56 Å². The fourth-order valence-electron chi connectivity index (χ4n) is 3.91. The number of fused-ring (bicyclic) bond motifs is 2. The molecule has 5 rings (SSSR count). The Balaban J connectivity index is 1.69. The minimum absolute atomic E-state index is 0.161. The predicted molar refractivity (Wildman–Crippen MR) is 119 cm³/mol. The van der Waals surface area contributed by atoms with Crippen molar-refractivity contribution in [2.45, 2.75) is 19.9 Å². The summed E-state index contributed by atoms with van der Waals surface area (Å²) in [6.07, 6.45) is 1.75. The SMILES string of the molecule is CCOC(=O)C1=C(C)N=c2s/c(=C/c3ccc4c(c3)OCO4)c(=O)n2[C@@H]1c1ccc(F)cc1. The molecule has 1 aromatic heterocycles. The van der Waals surface area contributed by atoms with Gasteiger partial charge in [0.2, 0.25) is 6.79 Å². The molecule has 2 aliphatic rings. The molecule has 0 radical (unpaired) electrons. The highest BCUT2D eigenvalue weighted by Crippen LogP contribution is 2.33. The van der Waals surface area contributed by atoms with Crippen LogP contribution in [0.3, 0.4) is 0 Å². The zero-order valence-electron chi connectivity index (χ0n) is 17.8. The average Bonchev–Trinajstić information content (AvgIpc) is 3.37. The summed E-state index contributed by atoms with van der Waals surface area (Å²) in [5, 5.41) is 0. The highest BCUT2D eigenvalue weighted by atomic mass is 32.1.